The number of H-pyrrole nitrogens is 1. The Balaban J connectivity index is 2.04. The molecule has 132 valence electrons. The number of nitrogens with one attached hydrogen (secondary N) is 2. The summed E-state index contributed by atoms with van der Waals surface area (Å²) < 4.78 is 55.4. The molecule has 0 bridgehead atoms. The first kappa shape index (κ1) is 16.1. The average Bonchev–Trinajstić information content (AvgIpc) is 2.64. The van der Waals surface area contributed by atoms with Crippen LogP contribution in [0.4, 0.5) is 17.6 Å². The van der Waals surface area contributed by atoms with Crippen LogP contribution in [0.25, 0.3) is 10.9 Å². The molecule has 0 spiro atoms. The summed E-state index contributed by atoms with van der Waals surface area (Å²) in [6.07, 6.45) is 0. The number of pyridine rings is 1. The molecule has 3 aromatic rings. The molecule has 2 aromatic carbocycles. The molecule has 0 saturated heterocycles. The molecule has 0 saturated carbocycles. The second kappa shape index (κ2) is 5.58. The Kier molecular flexibility index (Phi) is 3.46. The molecule has 1 unspecified atom stereocenters. The maximum atomic E-state index is 14.3. The van der Waals surface area contributed by atoms with Crippen LogP contribution in [0.1, 0.15) is 17.0 Å². The zero-order valence-electron chi connectivity index (χ0n) is 12.7. The second-order valence-corrected chi connectivity index (χ2v) is 5.64. The topological polar surface area (TPSA) is 71.2 Å². The number of carbonyl (C=O) groups excluding carboxylic acids is 1. The Labute approximate surface area is 142 Å². The van der Waals surface area contributed by atoms with Crippen molar-refractivity contribution in [1.29, 1.82) is 0 Å². The van der Waals surface area contributed by atoms with E-state index < -0.39 is 52.0 Å². The van der Waals surface area contributed by atoms with Gasteiger partial charge < -0.3 is 9.82 Å². The average molecular weight is 364 g/mol. The molecule has 4 rings (SSSR count). The predicted octanol–water partition coefficient (Wildman–Crippen LogP) is 2.64. The fourth-order valence-electron chi connectivity index (χ4n) is 2.95. The van der Waals surface area contributed by atoms with E-state index in [9.17, 15) is 27.2 Å². The van der Waals surface area contributed by atoms with Crippen LogP contribution in [0.2, 0.25) is 0 Å². The number of carbonyl (C=O) groups is 1. The molecular formula is C17H8F4N2O3. The highest BCUT2D eigenvalue weighted by Crippen LogP contribution is 2.40. The molecule has 1 amide bonds. The molecule has 0 fully saturated rings. The third-order valence-corrected chi connectivity index (χ3v) is 4.16. The van der Waals surface area contributed by atoms with Gasteiger partial charge in [-0.3, -0.25) is 9.59 Å². The number of para-hydroxylation sites is 1. The number of hydrogen-bond acceptors (Lipinski definition) is 3. The van der Waals surface area contributed by atoms with E-state index in [2.05, 4.69) is 9.82 Å². The maximum absolute atomic E-state index is 14.3. The first-order valence-electron chi connectivity index (χ1n) is 7.34. The number of hydroxylamine groups is 1. The molecule has 9 heteroatoms. The van der Waals surface area contributed by atoms with Crippen molar-refractivity contribution < 1.29 is 27.2 Å². The highest BCUT2D eigenvalue weighted by Gasteiger charge is 2.40. The molecular weight excluding hydrogens is 356 g/mol. The fourth-order valence-corrected chi connectivity index (χ4v) is 2.95. The van der Waals surface area contributed by atoms with Crippen molar-refractivity contribution >= 4 is 16.8 Å². The molecule has 26 heavy (non-hydrogen) atoms. The van der Waals surface area contributed by atoms with E-state index >= 15 is 0 Å². The predicted molar refractivity (Wildman–Crippen MR) is 81.5 cm³/mol. The Morgan fingerprint density at radius 2 is 1.62 bits per heavy atom. The minimum absolute atomic E-state index is 0.268. The summed E-state index contributed by atoms with van der Waals surface area (Å²) in [6, 6.07) is 7.86. The van der Waals surface area contributed by atoms with E-state index in [1.807, 2.05) is 0 Å². The van der Waals surface area contributed by atoms with Gasteiger partial charge >= 0.3 is 0 Å². The fraction of sp³-hybridized carbons (Fsp3) is 0.0588. The van der Waals surface area contributed by atoms with Gasteiger partial charge in [-0.05, 0) is 17.5 Å². The van der Waals surface area contributed by atoms with Gasteiger partial charge in [0, 0.05) is 11.1 Å². The number of aromatic amines is 1. The number of hydrogen-bond donors (Lipinski definition) is 2. The normalized spacial score (nSPS) is 16.2. The van der Waals surface area contributed by atoms with Crippen molar-refractivity contribution in [2.75, 3.05) is 0 Å². The number of rotatable bonds is 1. The minimum Gasteiger partial charge on any atom is -0.376 e. The Bertz CT molecular complexity index is 1140. The van der Waals surface area contributed by atoms with Crippen molar-refractivity contribution in [1.82, 2.24) is 10.5 Å². The van der Waals surface area contributed by atoms with Crippen molar-refractivity contribution in [2.45, 2.75) is 5.92 Å². The number of fused-ring (bicyclic) bond motifs is 2. The van der Waals surface area contributed by atoms with Gasteiger partial charge in [0.1, 0.15) is 5.92 Å². The van der Waals surface area contributed by atoms with E-state index in [0.717, 1.165) is 0 Å². The van der Waals surface area contributed by atoms with Crippen molar-refractivity contribution in [3.05, 3.63) is 75.1 Å². The van der Waals surface area contributed by atoms with Gasteiger partial charge in [0.25, 0.3) is 11.5 Å². The van der Waals surface area contributed by atoms with Crippen LogP contribution in [0.15, 0.2) is 35.1 Å². The number of amides is 1. The summed E-state index contributed by atoms with van der Waals surface area (Å²) in [7, 11) is 0. The van der Waals surface area contributed by atoms with Gasteiger partial charge in [-0.2, -0.15) is 9.87 Å². The standard InChI is InChI=1S/C17H8F4N2O3/c18-11-10-9(7-5-6-3-1-2-4-8(6)22-16(7)24)17(25)23-26-15(10)14(21)13(20)12(11)19/h1-5,9H,(H,22,24)(H,23,25). The molecule has 1 aliphatic rings. The first-order valence-corrected chi connectivity index (χ1v) is 7.34. The van der Waals surface area contributed by atoms with Crippen molar-refractivity contribution in [3.8, 4) is 5.75 Å². The van der Waals surface area contributed by atoms with E-state index in [1.54, 1.807) is 29.7 Å². The van der Waals surface area contributed by atoms with Crippen molar-refractivity contribution in [3.63, 3.8) is 0 Å². The quantitative estimate of drug-likeness (QED) is 0.396. The summed E-state index contributed by atoms with van der Waals surface area (Å²) in [6.45, 7) is 0. The smallest absolute Gasteiger partial charge is 0.265 e. The van der Waals surface area contributed by atoms with Gasteiger partial charge in [0.2, 0.25) is 17.4 Å². The zero-order chi connectivity index (χ0) is 18.6. The lowest BCUT2D eigenvalue weighted by Gasteiger charge is -2.26. The molecule has 2 N–H and O–H groups in total. The summed E-state index contributed by atoms with van der Waals surface area (Å²) in [5.41, 5.74) is 0.325. The van der Waals surface area contributed by atoms with Crippen LogP contribution in [-0.4, -0.2) is 10.9 Å². The molecule has 1 atom stereocenters. The van der Waals surface area contributed by atoms with E-state index in [0.29, 0.717) is 10.9 Å². The largest absolute Gasteiger partial charge is 0.376 e. The van der Waals surface area contributed by atoms with Gasteiger partial charge in [-0.1, -0.05) is 18.2 Å². The Morgan fingerprint density at radius 3 is 2.38 bits per heavy atom. The van der Waals surface area contributed by atoms with E-state index in [-0.39, 0.29) is 5.56 Å². The lowest BCUT2D eigenvalue weighted by atomic mass is 9.88. The molecule has 1 aromatic heterocycles. The van der Waals surface area contributed by atoms with Crippen molar-refractivity contribution in [2.24, 2.45) is 0 Å². The number of halogens is 4. The summed E-state index contributed by atoms with van der Waals surface area (Å²) in [4.78, 5) is 31.6. The highest BCUT2D eigenvalue weighted by atomic mass is 19.2. The SMILES string of the molecule is O=C1NOc2c(F)c(F)c(F)c(F)c2C1c1cc2ccccc2[nH]c1=O. The second-order valence-electron chi connectivity index (χ2n) is 5.64. The van der Waals surface area contributed by atoms with Gasteiger partial charge in [-0.25, -0.2) is 13.2 Å². The summed E-state index contributed by atoms with van der Waals surface area (Å²) >= 11 is 0. The number of benzene rings is 2. The van der Waals surface area contributed by atoms with Gasteiger partial charge in [-0.15, -0.1) is 0 Å². The highest BCUT2D eigenvalue weighted by molar-refractivity contribution is 5.90. The van der Waals surface area contributed by atoms with Crippen LogP contribution in [0, 0.1) is 23.3 Å². The first-order chi connectivity index (χ1) is 12.4. The van der Waals surface area contributed by atoms with Crippen LogP contribution in [0.3, 0.4) is 0 Å². The summed E-state index contributed by atoms with van der Waals surface area (Å²) in [5.74, 6) is -11.5. The lowest BCUT2D eigenvalue weighted by molar-refractivity contribution is -0.130. The van der Waals surface area contributed by atoms with E-state index in [4.69, 9.17) is 0 Å². The maximum Gasteiger partial charge on any atom is 0.265 e. The molecule has 0 radical (unpaired) electrons. The Hall–Kier alpha value is -3.36. The third-order valence-electron chi connectivity index (χ3n) is 4.16. The van der Waals surface area contributed by atoms with Crippen LogP contribution in [-0.2, 0) is 4.79 Å². The Morgan fingerprint density at radius 1 is 0.923 bits per heavy atom. The zero-order valence-corrected chi connectivity index (χ0v) is 12.7. The molecule has 2 heterocycles. The molecule has 1 aliphatic heterocycles. The van der Waals surface area contributed by atoms with Crippen LogP contribution >= 0.6 is 0 Å². The minimum atomic E-state index is -2.10. The van der Waals surface area contributed by atoms with Gasteiger partial charge in [0.05, 0.1) is 5.56 Å². The lowest BCUT2D eigenvalue weighted by Crippen LogP contribution is -2.40. The van der Waals surface area contributed by atoms with Gasteiger partial charge in [0.15, 0.2) is 11.6 Å². The molecule has 5 nitrogen and oxygen atoms in total. The third kappa shape index (κ3) is 2.17. The monoisotopic (exact) mass is 364 g/mol. The van der Waals surface area contributed by atoms with E-state index in [1.165, 1.54) is 6.07 Å². The molecule has 0 aliphatic carbocycles. The summed E-state index contributed by atoms with van der Waals surface area (Å²) in [5, 5.41) is 0.506. The van der Waals surface area contributed by atoms with Crippen LogP contribution < -0.4 is 15.9 Å². The number of aromatic nitrogens is 1. The van der Waals surface area contributed by atoms with Crippen LogP contribution in [0.5, 0.6) is 5.75 Å².